The maximum absolute atomic E-state index is 11.8. The molecule has 0 spiro atoms. The van der Waals surface area contributed by atoms with Gasteiger partial charge in [-0.25, -0.2) is 4.98 Å². The number of nitrogens with one attached hydrogen (secondary N) is 1. The molecule has 0 radical (unpaired) electrons. The summed E-state index contributed by atoms with van der Waals surface area (Å²) in [6.45, 7) is 4.18. The number of nitrogens with zero attached hydrogens (tertiary/aromatic N) is 1. The maximum Gasteiger partial charge on any atom is 0.309 e. The molecule has 0 aromatic carbocycles. The lowest BCUT2D eigenvalue weighted by Crippen LogP contribution is -2.33. The lowest BCUT2D eigenvalue weighted by Gasteiger charge is -2.12. The Morgan fingerprint density at radius 3 is 2.90 bits per heavy atom. The largest absolute Gasteiger partial charge is 0.481 e. The van der Waals surface area contributed by atoms with Gasteiger partial charge < -0.3 is 10.4 Å². The molecule has 0 aliphatic carbocycles. The molecule has 1 unspecified atom stereocenters. The van der Waals surface area contributed by atoms with Crippen LogP contribution < -0.4 is 5.32 Å². The van der Waals surface area contributed by atoms with E-state index in [0.717, 1.165) is 17.2 Å². The van der Waals surface area contributed by atoms with E-state index in [0.29, 0.717) is 11.4 Å². The minimum Gasteiger partial charge on any atom is -0.481 e. The van der Waals surface area contributed by atoms with Crippen LogP contribution in [0.25, 0.3) is 0 Å². The molecule has 0 saturated carbocycles. The van der Waals surface area contributed by atoms with Crippen molar-refractivity contribution in [2.24, 2.45) is 0 Å². The van der Waals surface area contributed by atoms with Crippen LogP contribution in [-0.2, 0) is 16.0 Å². The van der Waals surface area contributed by atoms with Crippen molar-refractivity contribution in [3.63, 3.8) is 0 Å². The van der Waals surface area contributed by atoms with Crippen molar-refractivity contribution in [3.8, 4) is 0 Å². The van der Waals surface area contributed by atoms with Gasteiger partial charge in [-0.05, 0) is 13.3 Å². The van der Waals surface area contributed by atoms with Gasteiger partial charge in [0.2, 0.25) is 5.91 Å². The summed E-state index contributed by atoms with van der Waals surface area (Å²) in [7, 11) is 0. The van der Waals surface area contributed by atoms with Crippen LogP contribution in [0.15, 0.2) is 9.72 Å². The Morgan fingerprint density at radius 1 is 1.48 bits per heavy atom. The quantitative estimate of drug-likeness (QED) is 0.509. The van der Waals surface area contributed by atoms with Gasteiger partial charge in [0, 0.05) is 11.4 Å². The standard InChI is InChI=1S/C14H22N2O3S2/c1-3-4-5-6-10(2)15-12(17)9-21-14-16-11(8-20-14)7-13(18)19/h8,10H,3-7,9H2,1-2H3,(H,15,17)(H,18,19). The van der Waals surface area contributed by atoms with Gasteiger partial charge in [0.25, 0.3) is 0 Å². The van der Waals surface area contributed by atoms with Gasteiger partial charge in [0.1, 0.15) is 0 Å². The number of thiazole rings is 1. The summed E-state index contributed by atoms with van der Waals surface area (Å²) in [5.41, 5.74) is 0.545. The molecule has 0 aliphatic heterocycles. The van der Waals surface area contributed by atoms with Gasteiger partial charge in [-0.1, -0.05) is 37.9 Å². The van der Waals surface area contributed by atoms with Crippen LogP contribution in [0.4, 0.5) is 0 Å². The average molecular weight is 330 g/mol. The topological polar surface area (TPSA) is 79.3 Å². The Labute approximate surface area is 133 Å². The first-order valence-electron chi connectivity index (χ1n) is 7.09. The van der Waals surface area contributed by atoms with Crippen LogP contribution in [0.1, 0.15) is 45.2 Å². The molecular weight excluding hydrogens is 308 g/mol. The summed E-state index contributed by atoms with van der Waals surface area (Å²) in [6, 6.07) is 0.198. The second-order valence-corrected chi connectivity index (χ2v) is 7.01. The molecule has 1 aromatic rings. The molecule has 1 aromatic heterocycles. The third-order valence-electron chi connectivity index (χ3n) is 2.84. The molecule has 1 amide bonds. The SMILES string of the molecule is CCCCCC(C)NC(=O)CSc1nc(CC(=O)O)cs1. The number of carboxylic acid groups (broad SMARTS) is 1. The van der Waals surface area contributed by atoms with Gasteiger partial charge in [0.15, 0.2) is 4.34 Å². The van der Waals surface area contributed by atoms with Crippen molar-refractivity contribution in [1.29, 1.82) is 0 Å². The zero-order chi connectivity index (χ0) is 15.7. The lowest BCUT2D eigenvalue weighted by atomic mass is 10.1. The summed E-state index contributed by atoms with van der Waals surface area (Å²) in [5, 5.41) is 13.4. The zero-order valence-electron chi connectivity index (χ0n) is 12.4. The van der Waals surface area contributed by atoms with Crippen LogP contribution >= 0.6 is 23.1 Å². The third-order valence-corrected chi connectivity index (χ3v) is 4.91. The molecule has 118 valence electrons. The monoisotopic (exact) mass is 330 g/mol. The number of rotatable bonds is 10. The van der Waals surface area contributed by atoms with Gasteiger partial charge in [0.05, 0.1) is 17.9 Å². The highest BCUT2D eigenvalue weighted by molar-refractivity contribution is 8.01. The van der Waals surface area contributed by atoms with Crippen molar-refractivity contribution in [2.75, 3.05) is 5.75 Å². The van der Waals surface area contributed by atoms with E-state index in [1.54, 1.807) is 5.38 Å². The number of amides is 1. The number of unbranched alkanes of at least 4 members (excludes halogenated alkanes) is 2. The molecule has 1 rings (SSSR count). The highest BCUT2D eigenvalue weighted by Crippen LogP contribution is 2.22. The summed E-state index contributed by atoms with van der Waals surface area (Å²) >= 11 is 2.73. The van der Waals surface area contributed by atoms with E-state index in [1.165, 1.54) is 35.9 Å². The number of thioether (sulfide) groups is 1. The normalized spacial score (nSPS) is 12.1. The smallest absolute Gasteiger partial charge is 0.309 e. The van der Waals surface area contributed by atoms with Crippen molar-refractivity contribution in [2.45, 2.75) is 56.3 Å². The summed E-state index contributed by atoms with van der Waals surface area (Å²) in [5.74, 6) is -0.576. The van der Waals surface area contributed by atoms with Crippen molar-refractivity contribution < 1.29 is 14.7 Å². The molecular formula is C14H22N2O3S2. The predicted octanol–water partition coefficient (Wildman–Crippen LogP) is 2.95. The van der Waals surface area contributed by atoms with E-state index in [9.17, 15) is 9.59 Å². The second-order valence-electron chi connectivity index (χ2n) is 4.93. The molecule has 5 nitrogen and oxygen atoms in total. The first kappa shape index (κ1) is 18.0. The Morgan fingerprint density at radius 2 is 2.24 bits per heavy atom. The predicted molar refractivity (Wildman–Crippen MR) is 85.9 cm³/mol. The van der Waals surface area contributed by atoms with Crippen LogP contribution in [0.5, 0.6) is 0 Å². The number of hydrogen-bond acceptors (Lipinski definition) is 5. The highest BCUT2D eigenvalue weighted by Gasteiger charge is 2.10. The molecule has 0 aliphatic rings. The third kappa shape index (κ3) is 8.06. The fourth-order valence-electron chi connectivity index (χ4n) is 1.81. The average Bonchev–Trinajstić information content (AvgIpc) is 2.83. The van der Waals surface area contributed by atoms with Gasteiger partial charge >= 0.3 is 5.97 Å². The molecule has 0 fully saturated rings. The van der Waals surface area contributed by atoms with E-state index >= 15 is 0 Å². The first-order valence-corrected chi connectivity index (χ1v) is 8.96. The number of aromatic nitrogens is 1. The number of hydrogen-bond donors (Lipinski definition) is 2. The van der Waals surface area contributed by atoms with E-state index < -0.39 is 5.97 Å². The van der Waals surface area contributed by atoms with E-state index in [2.05, 4.69) is 17.2 Å². The van der Waals surface area contributed by atoms with Crippen LogP contribution in [0, 0.1) is 0 Å². The number of carboxylic acids is 1. The minimum absolute atomic E-state index is 0.000942. The van der Waals surface area contributed by atoms with Gasteiger partial charge in [-0.3, -0.25) is 9.59 Å². The number of aliphatic carboxylic acids is 1. The zero-order valence-corrected chi connectivity index (χ0v) is 14.1. The molecule has 21 heavy (non-hydrogen) atoms. The summed E-state index contributed by atoms with van der Waals surface area (Å²) < 4.78 is 0.736. The summed E-state index contributed by atoms with van der Waals surface area (Å²) in [6.07, 6.45) is 4.44. The van der Waals surface area contributed by atoms with Crippen molar-refractivity contribution >= 4 is 35.0 Å². The van der Waals surface area contributed by atoms with Gasteiger partial charge in [-0.2, -0.15) is 0 Å². The molecule has 1 heterocycles. The van der Waals surface area contributed by atoms with E-state index in [-0.39, 0.29) is 18.4 Å². The molecule has 1 atom stereocenters. The fraction of sp³-hybridized carbons (Fsp3) is 0.643. The Hall–Kier alpha value is -1.08. The summed E-state index contributed by atoms with van der Waals surface area (Å²) in [4.78, 5) is 26.5. The molecule has 0 bridgehead atoms. The van der Waals surface area contributed by atoms with E-state index in [1.807, 2.05) is 6.92 Å². The highest BCUT2D eigenvalue weighted by atomic mass is 32.2. The molecule has 7 heteroatoms. The van der Waals surface area contributed by atoms with Crippen LogP contribution in [0.2, 0.25) is 0 Å². The van der Waals surface area contributed by atoms with Gasteiger partial charge in [-0.15, -0.1) is 11.3 Å². The van der Waals surface area contributed by atoms with Crippen LogP contribution in [0.3, 0.4) is 0 Å². The molecule has 0 saturated heterocycles. The Balaban J connectivity index is 2.26. The number of carbonyl (C=O) groups excluding carboxylic acids is 1. The molecule has 2 N–H and O–H groups in total. The lowest BCUT2D eigenvalue weighted by molar-refractivity contribution is -0.136. The second kappa shape index (κ2) is 9.78. The van der Waals surface area contributed by atoms with Crippen molar-refractivity contribution in [3.05, 3.63) is 11.1 Å². The van der Waals surface area contributed by atoms with E-state index in [4.69, 9.17) is 5.11 Å². The maximum atomic E-state index is 11.8. The Bertz CT molecular complexity index is 463. The van der Waals surface area contributed by atoms with Crippen molar-refractivity contribution in [1.82, 2.24) is 10.3 Å². The Kier molecular flexibility index (Phi) is 8.37. The number of carbonyl (C=O) groups is 2. The van der Waals surface area contributed by atoms with Crippen LogP contribution in [-0.4, -0.2) is 33.8 Å². The first-order chi connectivity index (χ1) is 10.0. The fourth-order valence-corrected chi connectivity index (χ4v) is 3.46. The minimum atomic E-state index is -0.893.